The highest BCUT2D eigenvalue weighted by Gasteiger charge is 2.24. The normalized spacial score (nSPS) is 24.5. The zero-order valence-corrected chi connectivity index (χ0v) is 12.4. The van der Waals surface area contributed by atoms with Crippen LogP contribution in [0, 0.1) is 5.92 Å². The van der Waals surface area contributed by atoms with Crippen LogP contribution in [-0.2, 0) is 0 Å². The first-order chi connectivity index (χ1) is 8.00. The van der Waals surface area contributed by atoms with Gasteiger partial charge in [0.2, 0.25) is 0 Å². The Labute approximate surface area is 108 Å². The molecule has 1 saturated heterocycles. The third kappa shape index (κ3) is 5.36. The van der Waals surface area contributed by atoms with Crippen molar-refractivity contribution in [3.63, 3.8) is 0 Å². The van der Waals surface area contributed by atoms with Gasteiger partial charge in [0.25, 0.3) is 0 Å². The predicted molar refractivity (Wildman–Crippen MR) is 75.5 cm³/mol. The maximum absolute atomic E-state index is 3.57. The van der Waals surface area contributed by atoms with Gasteiger partial charge in [-0.25, -0.2) is 0 Å². The summed E-state index contributed by atoms with van der Waals surface area (Å²) in [4.78, 5) is 5.02. The highest BCUT2D eigenvalue weighted by atomic mass is 15.2. The quantitative estimate of drug-likeness (QED) is 0.763. The molecule has 1 rings (SSSR count). The molecule has 0 aromatic heterocycles. The molecule has 1 heterocycles. The van der Waals surface area contributed by atoms with E-state index in [-0.39, 0.29) is 0 Å². The average molecular weight is 241 g/mol. The van der Waals surface area contributed by atoms with Gasteiger partial charge in [0.1, 0.15) is 0 Å². The van der Waals surface area contributed by atoms with Gasteiger partial charge in [0, 0.05) is 25.2 Å². The Morgan fingerprint density at radius 3 is 2.53 bits per heavy atom. The van der Waals surface area contributed by atoms with Gasteiger partial charge < -0.3 is 10.2 Å². The van der Waals surface area contributed by atoms with Crippen LogP contribution in [0.5, 0.6) is 0 Å². The van der Waals surface area contributed by atoms with Crippen molar-refractivity contribution >= 4 is 0 Å². The van der Waals surface area contributed by atoms with Gasteiger partial charge in [0.05, 0.1) is 0 Å². The lowest BCUT2D eigenvalue weighted by molar-refractivity contribution is 0.101. The molecule has 2 atom stereocenters. The van der Waals surface area contributed by atoms with E-state index in [1.165, 1.54) is 25.9 Å². The van der Waals surface area contributed by atoms with Crippen LogP contribution < -0.4 is 5.32 Å². The third-order valence-corrected chi connectivity index (χ3v) is 3.77. The summed E-state index contributed by atoms with van der Waals surface area (Å²) in [6.45, 7) is 11.6. The molecule has 0 amide bonds. The summed E-state index contributed by atoms with van der Waals surface area (Å²) >= 11 is 0. The Kier molecular flexibility index (Phi) is 6.45. The fourth-order valence-corrected chi connectivity index (χ4v) is 2.52. The van der Waals surface area contributed by atoms with E-state index in [4.69, 9.17) is 0 Å². The van der Waals surface area contributed by atoms with Crippen LogP contribution >= 0.6 is 0 Å². The van der Waals surface area contributed by atoms with Crippen molar-refractivity contribution < 1.29 is 0 Å². The van der Waals surface area contributed by atoms with E-state index in [9.17, 15) is 0 Å². The number of nitrogens with one attached hydrogen (secondary N) is 1. The van der Waals surface area contributed by atoms with E-state index >= 15 is 0 Å². The van der Waals surface area contributed by atoms with Gasteiger partial charge in [-0.05, 0) is 52.9 Å². The van der Waals surface area contributed by atoms with Gasteiger partial charge >= 0.3 is 0 Å². The predicted octanol–water partition coefficient (Wildman–Crippen LogP) is 1.65. The molecule has 0 bridgehead atoms. The van der Waals surface area contributed by atoms with Crippen molar-refractivity contribution in [1.29, 1.82) is 0 Å². The zero-order chi connectivity index (χ0) is 12.8. The van der Waals surface area contributed by atoms with E-state index in [1.807, 2.05) is 0 Å². The molecule has 0 aromatic rings. The number of hydrogen-bond donors (Lipinski definition) is 1. The molecule has 1 aliphatic heterocycles. The van der Waals surface area contributed by atoms with E-state index in [0.717, 1.165) is 25.0 Å². The van der Waals surface area contributed by atoms with Crippen LogP contribution in [0.4, 0.5) is 0 Å². The van der Waals surface area contributed by atoms with Crippen LogP contribution in [-0.4, -0.2) is 62.2 Å². The fourth-order valence-electron chi connectivity index (χ4n) is 2.52. The molecule has 17 heavy (non-hydrogen) atoms. The number of nitrogens with zero attached hydrogens (tertiary/aromatic N) is 2. The Hall–Kier alpha value is -0.120. The molecule has 2 unspecified atom stereocenters. The molecule has 3 nitrogen and oxygen atoms in total. The van der Waals surface area contributed by atoms with Gasteiger partial charge in [-0.2, -0.15) is 0 Å². The smallest absolute Gasteiger partial charge is 0.0217 e. The molecule has 1 fully saturated rings. The molecule has 102 valence electrons. The Morgan fingerprint density at radius 2 is 1.94 bits per heavy atom. The number of likely N-dealkylation sites (N-methyl/N-ethyl adjacent to an activating group) is 1. The van der Waals surface area contributed by atoms with E-state index in [1.54, 1.807) is 0 Å². The maximum atomic E-state index is 3.57. The van der Waals surface area contributed by atoms with Crippen molar-refractivity contribution in [2.45, 2.75) is 45.7 Å². The second-order valence-corrected chi connectivity index (χ2v) is 6.16. The standard InChI is InChI=1S/C14H31N3/c1-12(2)9-15-10-13(3)17-8-6-7-14(11-17)16(4)5/h12-15H,6-11H2,1-5H3. The highest BCUT2D eigenvalue weighted by molar-refractivity contribution is 4.81. The van der Waals surface area contributed by atoms with E-state index < -0.39 is 0 Å². The second-order valence-electron chi connectivity index (χ2n) is 6.16. The number of rotatable bonds is 6. The maximum Gasteiger partial charge on any atom is 0.0217 e. The second kappa shape index (κ2) is 7.34. The SMILES string of the molecule is CC(C)CNCC(C)N1CCCC(N(C)C)C1. The van der Waals surface area contributed by atoms with Crippen molar-refractivity contribution in [3.8, 4) is 0 Å². The van der Waals surface area contributed by atoms with Gasteiger partial charge in [-0.15, -0.1) is 0 Å². The summed E-state index contributed by atoms with van der Waals surface area (Å²) in [6, 6.07) is 1.41. The molecule has 0 aromatic carbocycles. The van der Waals surface area contributed by atoms with Crippen LogP contribution in [0.15, 0.2) is 0 Å². The molecule has 0 aliphatic carbocycles. The largest absolute Gasteiger partial charge is 0.315 e. The Balaban J connectivity index is 2.28. The molecule has 1 N–H and O–H groups in total. The molecular weight excluding hydrogens is 210 g/mol. The minimum atomic E-state index is 0.663. The summed E-state index contributed by atoms with van der Waals surface area (Å²) in [5, 5.41) is 3.57. The first kappa shape index (κ1) is 14.9. The van der Waals surface area contributed by atoms with Crippen LogP contribution in [0.25, 0.3) is 0 Å². The lowest BCUT2D eigenvalue weighted by Gasteiger charge is -2.39. The summed E-state index contributed by atoms with van der Waals surface area (Å²) in [6.07, 6.45) is 2.70. The highest BCUT2D eigenvalue weighted by Crippen LogP contribution is 2.15. The minimum Gasteiger partial charge on any atom is -0.315 e. The van der Waals surface area contributed by atoms with Crippen molar-refractivity contribution in [3.05, 3.63) is 0 Å². The summed E-state index contributed by atoms with van der Waals surface area (Å²) < 4.78 is 0. The molecule has 3 heteroatoms. The molecule has 0 spiro atoms. The number of likely N-dealkylation sites (tertiary alicyclic amines) is 1. The number of piperidine rings is 1. The Morgan fingerprint density at radius 1 is 1.24 bits per heavy atom. The van der Waals surface area contributed by atoms with Crippen molar-refractivity contribution in [1.82, 2.24) is 15.1 Å². The van der Waals surface area contributed by atoms with Crippen molar-refractivity contribution in [2.75, 3.05) is 40.3 Å². The van der Waals surface area contributed by atoms with Gasteiger partial charge in [-0.1, -0.05) is 13.8 Å². The van der Waals surface area contributed by atoms with Crippen LogP contribution in [0.3, 0.4) is 0 Å². The summed E-state index contributed by atoms with van der Waals surface area (Å²) in [5.41, 5.74) is 0. The van der Waals surface area contributed by atoms with Crippen LogP contribution in [0.1, 0.15) is 33.6 Å². The molecule has 0 saturated carbocycles. The minimum absolute atomic E-state index is 0.663. The first-order valence-corrected chi connectivity index (χ1v) is 7.12. The van der Waals surface area contributed by atoms with E-state index in [0.29, 0.717) is 6.04 Å². The first-order valence-electron chi connectivity index (χ1n) is 7.12. The summed E-state index contributed by atoms with van der Waals surface area (Å²) in [5.74, 6) is 0.748. The molecule has 0 radical (unpaired) electrons. The number of hydrogen-bond acceptors (Lipinski definition) is 3. The van der Waals surface area contributed by atoms with Crippen molar-refractivity contribution in [2.24, 2.45) is 5.92 Å². The lowest BCUT2D eigenvalue weighted by atomic mass is 10.0. The summed E-state index contributed by atoms with van der Waals surface area (Å²) in [7, 11) is 4.41. The van der Waals surface area contributed by atoms with E-state index in [2.05, 4.69) is 50.0 Å². The van der Waals surface area contributed by atoms with Gasteiger partial charge in [-0.3, -0.25) is 4.90 Å². The average Bonchev–Trinajstić information content (AvgIpc) is 2.28. The topological polar surface area (TPSA) is 18.5 Å². The lowest BCUT2D eigenvalue weighted by Crippen LogP contribution is -2.51. The molecule has 1 aliphatic rings. The zero-order valence-electron chi connectivity index (χ0n) is 12.4. The van der Waals surface area contributed by atoms with Crippen LogP contribution in [0.2, 0.25) is 0 Å². The third-order valence-electron chi connectivity index (χ3n) is 3.77. The monoisotopic (exact) mass is 241 g/mol. The fraction of sp³-hybridized carbons (Fsp3) is 1.00. The molecular formula is C14H31N3. The van der Waals surface area contributed by atoms with Gasteiger partial charge in [0.15, 0.2) is 0 Å². The Bertz CT molecular complexity index is 204.